The summed E-state index contributed by atoms with van der Waals surface area (Å²) in [6.45, 7) is 0. The van der Waals surface area contributed by atoms with E-state index in [0.29, 0.717) is 5.57 Å². The molecule has 1 amide bonds. The third-order valence-electron chi connectivity index (χ3n) is 2.02. The highest BCUT2D eigenvalue weighted by Gasteiger charge is 2.36. The zero-order chi connectivity index (χ0) is 11.8. The van der Waals surface area contributed by atoms with E-state index in [1.807, 2.05) is 0 Å². The van der Waals surface area contributed by atoms with Crippen LogP contribution < -0.4 is 0 Å². The van der Waals surface area contributed by atoms with E-state index in [4.69, 9.17) is 0 Å². The van der Waals surface area contributed by atoms with Crippen molar-refractivity contribution in [3.63, 3.8) is 0 Å². The minimum atomic E-state index is -4.76. The molecule has 6 heteroatoms. The Balaban J connectivity index is 2.27. The van der Waals surface area contributed by atoms with Crippen molar-refractivity contribution in [1.29, 1.82) is 0 Å². The molecule has 1 unspecified atom stereocenters. The van der Waals surface area contributed by atoms with Gasteiger partial charge in [0.25, 0.3) is 5.91 Å². The lowest BCUT2D eigenvalue weighted by atomic mass is 9.97. The van der Waals surface area contributed by atoms with Crippen LogP contribution in [0.25, 0.3) is 0 Å². The highest BCUT2D eigenvalue weighted by molar-refractivity contribution is 6.16. The van der Waals surface area contributed by atoms with Gasteiger partial charge in [0.15, 0.2) is 0 Å². The number of ether oxygens (including phenoxy) is 1. The van der Waals surface area contributed by atoms with Gasteiger partial charge in [0, 0.05) is 6.08 Å². The Morgan fingerprint density at radius 3 is 2.75 bits per heavy atom. The van der Waals surface area contributed by atoms with Gasteiger partial charge in [-0.3, -0.25) is 9.53 Å². The molecule has 0 fully saturated rings. The maximum absolute atomic E-state index is 12.1. The summed E-state index contributed by atoms with van der Waals surface area (Å²) in [5, 5.41) is 0. The van der Waals surface area contributed by atoms with Gasteiger partial charge in [-0.1, -0.05) is 12.2 Å². The SMILES string of the molecule is O=C1C=CC2=CC=CC(OC(F)(F)F)C2=N1. The second-order valence-corrected chi connectivity index (χ2v) is 3.16. The fourth-order valence-corrected chi connectivity index (χ4v) is 1.43. The van der Waals surface area contributed by atoms with Crippen LogP contribution in [-0.2, 0) is 9.53 Å². The number of allylic oxidation sites excluding steroid dienone is 3. The molecule has 1 aliphatic carbocycles. The summed E-state index contributed by atoms with van der Waals surface area (Å²) in [6, 6.07) is 0. The molecule has 0 aromatic carbocycles. The number of rotatable bonds is 1. The third-order valence-corrected chi connectivity index (χ3v) is 2.02. The number of alkyl halides is 3. The van der Waals surface area contributed by atoms with Crippen LogP contribution in [0.4, 0.5) is 13.2 Å². The van der Waals surface area contributed by atoms with Gasteiger partial charge < -0.3 is 0 Å². The van der Waals surface area contributed by atoms with Crippen molar-refractivity contribution >= 4 is 11.6 Å². The summed E-state index contributed by atoms with van der Waals surface area (Å²) in [7, 11) is 0. The second-order valence-electron chi connectivity index (χ2n) is 3.16. The summed E-state index contributed by atoms with van der Waals surface area (Å²) >= 11 is 0. The van der Waals surface area contributed by atoms with E-state index < -0.39 is 18.4 Å². The minimum absolute atomic E-state index is 0.00711. The Kier molecular flexibility index (Phi) is 2.51. The van der Waals surface area contributed by atoms with E-state index in [-0.39, 0.29) is 5.71 Å². The van der Waals surface area contributed by atoms with Gasteiger partial charge in [-0.15, -0.1) is 13.2 Å². The molecule has 3 nitrogen and oxygen atoms in total. The maximum Gasteiger partial charge on any atom is 0.523 e. The molecule has 0 saturated heterocycles. The summed E-state index contributed by atoms with van der Waals surface area (Å²) in [6.07, 6.45) is 0.698. The molecule has 2 rings (SSSR count). The van der Waals surface area contributed by atoms with Crippen LogP contribution in [0, 0.1) is 0 Å². The van der Waals surface area contributed by atoms with Gasteiger partial charge in [0.2, 0.25) is 0 Å². The molecule has 1 atom stereocenters. The number of hydrogen-bond donors (Lipinski definition) is 0. The Bertz CT molecular complexity index is 443. The Hall–Kier alpha value is -1.69. The first kappa shape index (κ1) is 10.8. The van der Waals surface area contributed by atoms with Gasteiger partial charge in [-0.2, -0.15) is 0 Å². The Morgan fingerprint density at radius 2 is 2.06 bits per heavy atom. The first-order chi connectivity index (χ1) is 7.46. The molecular weight excluding hydrogens is 223 g/mol. The van der Waals surface area contributed by atoms with E-state index in [9.17, 15) is 18.0 Å². The number of fused-ring (bicyclic) bond motifs is 1. The second kappa shape index (κ2) is 3.71. The predicted molar refractivity (Wildman–Crippen MR) is 49.7 cm³/mol. The fourth-order valence-electron chi connectivity index (χ4n) is 1.43. The van der Waals surface area contributed by atoms with Crippen LogP contribution in [0.15, 0.2) is 40.9 Å². The predicted octanol–water partition coefficient (Wildman–Crippen LogP) is 1.92. The van der Waals surface area contributed by atoms with E-state index in [1.54, 1.807) is 6.08 Å². The topological polar surface area (TPSA) is 38.7 Å². The summed E-state index contributed by atoms with van der Waals surface area (Å²) in [4.78, 5) is 14.5. The van der Waals surface area contributed by atoms with Gasteiger partial charge in [-0.05, 0) is 17.7 Å². The molecule has 2 aliphatic rings. The molecule has 84 valence electrons. The number of dihydropyridines is 1. The molecule has 1 heterocycles. The van der Waals surface area contributed by atoms with Crippen molar-refractivity contribution in [1.82, 2.24) is 0 Å². The molecule has 0 aromatic heterocycles. The van der Waals surface area contributed by atoms with E-state index in [2.05, 4.69) is 9.73 Å². The monoisotopic (exact) mass is 229 g/mol. The standard InChI is InChI=1S/C10H6F3NO2/c11-10(12,13)16-7-3-1-2-6-4-5-8(15)14-9(6)7/h1-5,7H. The smallest absolute Gasteiger partial charge is 0.278 e. The Morgan fingerprint density at radius 1 is 1.31 bits per heavy atom. The minimum Gasteiger partial charge on any atom is -0.278 e. The third kappa shape index (κ3) is 2.27. The van der Waals surface area contributed by atoms with Gasteiger partial charge in [0.05, 0.1) is 5.71 Å². The first-order valence-electron chi connectivity index (χ1n) is 4.40. The van der Waals surface area contributed by atoms with Crippen molar-refractivity contribution in [3.05, 3.63) is 36.0 Å². The maximum atomic E-state index is 12.1. The lowest BCUT2D eigenvalue weighted by molar-refractivity contribution is -0.328. The number of amides is 1. The number of carbonyl (C=O) groups excluding carboxylic acids is 1. The van der Waals surface area contributed by atoms with Gasteiger partial charge >= 0.3 is 6.36 Å². The van der Waals surface area contributed by atoms with Crippen LogP contribution in [-0.4, -0.2) is 24.1 Å². The van der Waals surface area contributed by atoms with Crippen LogP contribution in [0.3, 0.4) is 0 Å². The molecule has 0 bridgehead atoms. The molecule has 0 N–H and O–H groups in total. The normalized spacial score (nSPS) is 23.9. The number of carbonyl (C=O) groups is 1. The zero-order valence-electron chi connectivity index (χ0n) is 7.86. The van der Waals surface area contributed by atoms with Crippen molar-refractivity contribution in [2.24, 2.45) is 4.99 Å². The van der Waals surface area contributed by atoms with Crippen LogP contribution in [0.1, 0.15) is 0 Å². The van der Waals surface area contributed by atoms with Crippen LogP contribution in [0.5, 0.6) is 0 Å². The lowest BCUT2D eigenvalue weighted by Gasteiger charge is -2.22. The molecule has 0 aromatic rings. The molecule has 0 saturated carbocycles. The Labute approximate surface area is 88.6 Å². The van der Waals surface area contributed by atoms with Crippen LogP contribution >= 0.6 is 0 Å². The molecule has 0 spiro atoms. The molecular formula is C10H6F3NO2. The highest BCUT2D eigenvalue weighted by Crippen LogP contribution is 2.25. The van der Waals surface area contributed by atoms with E-state index in [1.165, 1.54) is 24.3 Å². The summed E-state index contributed by atoms with van der Waals surface area (Å²) < 4.78 is 40.0. The quantitative estimate of drug-likeness (QED) is 0.689. The average molecular weight is 229 g/mol. The van der Waals surface area contributed by atoms with Gasteiger partial charge in [-0.25, -0.2) is 4.99 Å². The number of nitrogens with zero attached hydrogens (tertiary/aromatic N) is 1. The fraction of sp³-hybridized carbons (Fsp3) is 0.200. The van der Waals surface area contributed by atoms with E-state index in [0.717, 1.165) is 0 Å². The van der Waals surface area contributed by atoms with Crippen molar-refractivity contribution in [2.75, 3.05) is 0 Å². The van der Waals surface area contributed by atoms with Crippen molar-refractivity contribution < 1.29 is 22.7 Å². The first-order valence-corrected chi connectivity index (χ1v) is 4.40. The van der Waals surface area contributed by atoms with Crippen LogP contribution in [0.2, 0.25) is 0 Å². The largest absolute Gasteiger partial charge is 0.523 e. The molecule has 16 heavy (non-hydrogen) atoms. The number of aliphatic imine (C=N–C) groups is 1. The zero-order valence-corrected chi connectivity index (χ0v) is 7.86. The number of hydrogen-bond acceptors (Lipinski definition) is 2. The molecule has 0 radical (unpaired) electrons. The number of halogens is 3. The van der Waals surface area contributed by atoms with Gasteiger partial charge in [0.1, 0.15) is 6.10 Å². The average Bonchev–Trinajstić information content (AvgIpc) is 2.17. The van der Waals surface area contributed by atoms with Crippen molar-refractivity contribution in [2.45, 2.75) is 12.5 Å². The highest BCUT2D eigenvalue weighted by atomic mass is 19.4. The summed E-state index contributed by atoms with van der Waals surface area (Å²) in [5.74, 6) is -0.585. The lowest BCUT2D eigenvalue weighted by Crippen LogP contribution is -2.33. The summed E-state index contributed by atoms with van der Waals surface area (Å²) in [5.41, 5.74) is 0.448. The van der Waals surface area contributed by atoms with E-state index >= 15 is 0 Å². The van der Waals surface area contributed by atoms with Crippen molar-refractivity contribution in [3.8, 4) is 0 Å². The molecule has 1 aliphatic heterocycles.